The number of hydrogen-bond donors (Lipinski definition) is 1. The van der Waals surface area contributed by atoms with Crippen molar-refractivity contribution in [2.45, 2.75) is 20.8 Å². The Labute approximate surface area is 119 Å². The van der Waals surface area contributed by atoms with E-state index in [0.29, 0.717) is 11.4 Å². The molecule has 0 aliphatic heterocycles. The summed E-state index contributed by atoms with van der Waals surface area (Å²) in [6, 6.07) is 11.1. The molecule has 0 aromatic heterocycles. The fourth-order valence-corrected chi connectivity index (χ4v) is 2.45. The van der Waals surface area contributed by atoms with Crippen LogP contribution < -0.4 is 10.5 Å². The quantitative estimate of drug-likeness (QED) is 0.683. The van der Waals surface area contributed by atoms with E-state index in [9.17, 15) is 4.79 Å². The Morgan fingerprint density at radius 2 is 1.75 bits per heavy atom. The molecule has 0 bridgehead atoms. The summed E-state index contributed by atoms with van der Waals surface area (Å²) in [5.41, 5.74) is 10.2. The number of benzene rings is 2. The van der Waals surface area contributed by atoms with Gasteiger partial charge in [-0.05, 0) is 44.0 Å². The summed E-state index contributed by atoms with van der Waals surface area (Å²) in [5, 5.41) is 0. The highest BCUT2D eigenvalue weighted by Gasteiger charge is 2.13. The van der Waals surface area contributed by atoms with E-state index in [-0.39, 0.29) is 12.4 Å². The lowest BCUT2D eigenvalue weighted by Gasteiger charge is -2.11. The van der Waals surface area contributed by atoms with Gasteiger partial charge in [0.2, 0.25) is 5.78 Å². The zero-order chi connectivity index (χ0) is 14.7. The fourth-order valence-electron chi connectivity index (χ4n) is 2.45. The number of nitrogens with two attached hydrogens (primary N) is 1. The molecule has 0 aliphatic carbocycles. The van der Waals surface area contributed by atoms with Gasteiger partial charge in [-0.15, -0.1) is 0 Å². The molecule has 2 N–H and O–H groups in total. The SMILES string of the molecule is Cc1cc(C)c(C(=O)COc2cccc(N)c2)c(C)c1. The highest BCUT2D eigenvalue weighted by Crippen LogP contribution is 2.19. The Hall–Kier alpha value is -2.29. The first-order chi connectivity index (χ1) is 9.47. The van der Waals surface area contributed by atoms with E-state index in [0.717, 1.165) is 22.3 Å². The van der Waals surface area contributed by atoms with Gasteiger partial charge in [0, 0.05) is 17.3 Å². The number of carbonyl (C=O) groups excluding carboxylic acids is 1. The molecule has 2 aromatic rings. The zero-order valence-electron chi connectivity index (χ0n) is 12.1. The summed E-state index contributed by atoms with van der Waals surface area (Å²) in [6.45, 7) is 5.95. The van der Waals surface area contributed by atoms with E-state index in [1.807, 2.05) is 32.9 Å². The van der Waals surface area contributed by atoms with Gasteiger partial charge in [0.15, 0.2) is 6.61 Å². The first kappa shape index (κ1) is 14.1. The monoisotopic (exact) mass is 269 g/mol. The van der Waals surface area contributed by atoms with Crippen molar-refractivity contribution in [2.75, 3.05) is 12.3 Å². The van der Waals surface area contributed by atoms with E-state index >= 15 is 0 Å². The number of ether oxygens (including phenoxy) is 1. The van der Waals surface area contributed by atoms with E-state index in [4.69, 9.17) is 10.5 Å². The van der Waals surface area contributed by atoms with Gasteiger partial charge in [-0.3, -0.25) is 4.79 Å². The highest BCUT2D eigenvalue weighted by molar-refractivity contribution is 6.00. The van der Waals surface area contributed by atoms with E-state index in [2.05, 4.69) is 0 Å². The summed E-state index contributed by atoms with van der Waals surface area (Å²) in [6.07, 6.45) is 0. The lowest BCUT2D eigenvalue weighted by Crippen LogP contribution is -2.14. The smallest absolute Gasteiger partial charge is 0.200 e. The molecule has 0 heterocycles. The van der Waals surface area contributed by atoms with Crippen molar-refractivity contribution in [3.63, 3.8) is 0 Å². The summed E-state index contributed by atoms with van der Waals surface area (Å²) in [5.74, 6) is 0.600. The average molecular weight is 269 g/mol. The van der Waals surface area contributed by atoms with Crippen molar-refractivity contribution in [3.8, 4) is 5.75 Å². The molecule has 0 radical (unpaired) electrons. The number of nitrogen functional groups attached to an aromatic ring is 1. The molecule has 3 heteroatoms. The molecular weight excluding hydrogens is 250 g/mol. The summed E-state index contributed by atoms with van der Waals surface area (Å²) >= 11 is 0. The molecule has 2 rings (SSSR count). The minimum Gasteiger partial charge on any atom is -0.485 e. The van der Waals surface area contributed by atoms with Crippen LogP contribution in [-0.2, 0) is 0 Å². The lowest BCUT2D eigenvalue weighted by molar-refractivity contribution is 0.0920. The number of rotatable bonds is 4. The second-order valence-corrected chi connectivity index (χ2v) is 5.06. The third-order valence-electron chi connectivity index (χ3n) is 3.18. The van der Waals surface area contributed by atoms with Crippen molar-refractivity contribution >= 4 is 11.5 Å². The standard InChI is InChI=1S/C17H19NO2/c1-11-7-12(2)17(13(3)8-11)16(19)10-20-15-6-4-5-14(18)9-15/h4-9H,10,18H2,1-3H3. The lowest BCUT2D eigenvalue weighted by atomic mass is 9.97. The summed E-state index contributed by atoms with van der Waals surface area (Å²) < 4.78 is 5.51. The number of Topliss-reactive ketones (excluding diaryl/α,β-unsaturated/α-hetero) is 1. The summed E-state index contributed by atoms with van der Waals surface area (Å²) in [7, 11) is 0. The van der Waals surface area contributed by atoms with Crippen LogP contribution in [0.3, 0.4) is 0 Å². The predicted octanol–water partition coefficient (Wildman–Crippen LogP) is 3.46. The first-order valence-corrected chi connectivity index (χ1v) is 6.57. The normalized spacial score (nSPS) is 10.3. The van der Waals surface area contributed by atoms with Gasteiger partial charge in [-0.25, -0.2) is 0 Å². The van der Waals surface area contributed by atoms with Gasteiger partial charge in [0.1, 0.15) is 5.75 Å². The molecule has 0 atom stereocenters. The van der Waals surface area contributed by atoms with Crippen LogP contribution >= 0.6 is 0 Å². The van der Waals surface area contributed by atoms with Gasteiger partial charge >= 0.3 is 0 Å². The molecule has 0 saturated heterocycles. The van der Waals surface area contributed by atoms with E-state index in [1.54, 1.807) is 24.3 Å². The molecule has 20 heavy (non-hydrogen) atoms. The molecule has 0 amide bonds. The van der Waals surface area contributed by atoms with Crippen molar-refractivity contribution < 1.29 is 9.53 Å². The predicted molar refractivity (Wildman–Crippen MR) is 81.3 cm³/mol. The molecule has 0 unspecified atom stereocenters. The Morgan fingerprint density at radius 3 is 2.35 bits per heavy atom. The molecule has 104 valence electrons. The maximum Gasteiger partial charge on any atom is 0.200 e. The number of carbonyl (C=O) groups is 1. The largest absolute Gasteiger partial charge is 0.485 e. The van der Waals surface area contributed by atoms with Crippen LogP contribution in [0, 0.1) is 20.8 Å². The van der Waals surface area contributed by atoms with Crippen LogP contribution in [0.1, 0.15) is 27.0 Å². The van der Waals surface area contributed by atoms with E-state index in [1.165, 1.54) is 0 Å². The molecule has 2 aromatic carbocycles. The first-order valence-electron chi connectivity index (χ1n) is 6.57. The zero-order valence-corrected chi connectivity index (χ0v) is 12.1. The summed E-state index contributed by atoms with van der Waals surface area (Å²) in [4.78, 5) is 12.3. The molecule has 0 saturated carbocycles. The van der Waals surface area contributed by atoms with Crippen molar-refractivity contribution in [1.82, 2.24) is 0 Å². The second kappa shape index (κ2) is 5.78. The van der Waals surface area contributed by atoms with Gasteiger partial charge < -0.3 is 10.5 Å². The maximum atomic E-state index is 12.3. The Kier molecular flexibility index (Phi) is 4.08. The number of hydrogen-bond acceptors (Lipinski definition) is 3. The molecule has 0 spiro atoms. The number of aryl methyl sites for hydroxylation is 3. The van der Waals surface area contributed by atoms with E-state index < -0.39 is 0 Å². The maximum absolute atomic E-state index is 12.3. The minimum absolute atomic E-state index is 0.0116. The Bertz CT molecular complexity index is 624. The number of ketones is 1. The van der Waals surface area contributed by atoms with Crippen molar-refractivity contribution in [1.29, 1.82) is 0 Å². The minimum atomic E-state index is -0.0116. The fraction of sp³-hybridized carbons (Fsp3) is 0.235. The van der Waals surface area contributed by atoms with Crippen molar-refractivity contribution in [3.05, 3.63) is 58.7 Å². The van der Waals surface area contributed by atoms with Gasteiger partial charge in [-0.2, -0.15) is 0 Å². The van der Waals surface area contributed by atoms with Crippen LogP contribution in [0.2, 0.25) is 0 Å². The number of anilines is 1. The van der Waals surface area contributed by atoms with Crippen LogP contribution in [0.5, 0.6) is 5.75 Å². The van der Waals surface area contributed by atoms with Gasteiger partial charge in [0.25, 0.3) is 0 Å². The highest BCUT2D eigenvalue weighted by atomic mass is 16.5. The average Bonchev–Trinajstić information content (AvgIpc) is 2.35. The topological polar surface area (TPSA) is 52.3 Å². The van der Waals surface area contributed by atoms with Crippen LogP contribution in [0.4, 0.5) is 5.69 Å². The second-order valence-electron chi connectivity index (χ2n) is 5.06. The van der Waals surface area contributed by atoms with Crippen molar-refractivity contribution in [2.24, 2.45) is 0 Å². The molecule has 0 fully saturated rings. The third kappa shape index (κ3) is 3.18. The van der Waals surface area contributed by atoms with Gasteiger partial charge in [0.05, 0.1) is 0 Å². The molecular formula is C17H19NO2. The third-order valence-corrected chi connectivity index (χ3v) is 3.18. The van der Waals surface area contributed by atoms with Gasteiger partial charge in [-0.1, -0.05) is 23.8 Å². The van der Waals surface area contributed by atoms with Crippen LogP contribution in [-0.4, -0.2) is 12.4 Å². The molecule has 3 nitrogen and oxygen atoms in total. The van der Waals surface area contributed by atoms with Crippen LogP contribution in [0.15, 0.2) is 36.4 Å². The molecule has 0 aliphatic rings. The Morgan fingerprint density at radius 1 is 1.10 bits per heavy atom. The van der Waals surface area contributed by atoms with Crippen LogP contribution in [0.25, 0.3) is 0 Å². The Balaban J connectivity index is 2.13.